The molecule has 0 amide bonds. The fourth-order valence-electron chi connectivity index (χ4n) is 2.40. The van der Waals surface area contributed by atoms with Crippen LogP contribution in [0.1, 0.15) is 10.8 Å². The molecular formula is C16H12O4S3. The monoisotopic (exact) mass is 364 g/mol. The Hall–Kier alpha value is -1.96. The Labute approximate surface area is 139 Å². The summed E-state index contributed by atoms with van der Waals surface area (Å²) in [6.45, 7) is 0. The van der Waals surface area contributed by atoms with Crippen molar-refractivity contribution in [3.8, 4) is 0 Å². The normalized spacial score (nSPS) is 17.8. The third-order valence-electron chi connectivity index (χ3n) is 3.45. The molecule has 0 spiro atoms. The average Bonchev–Trinajstić information content (AvgIpc) is 3.09. The second kappa shape index (κ2) is 6.27. The Bertz CT molecular complexity index is 1000. The molecular weight excluding hydrogens is 352 g/mol. The molecule has 0 fully saturated rings. The average molecular weight is 364 g/mol. The lowest BCUT2D eigenvalue weighted by molar-refractivity contribution is 0.602. The number of thiophene rings is 1. The van der Waals surface area contributed by atoms with Gasteiger partial charge in [0.05, 0.1) is 15.7 Å². The van der Waals surface area contributed by atoms with Gasteiger partial charge in [0, 0.05) is 4.88 Å². The molecule has 0 N–H and O–H groups in total. The maximum Gasteiger partial charge on any atom is 0.219 e. The Kier molecular flexibility index (Phi) is 4.34. The van der Waals surface area contributed by atoms with Gasteiger partial charge < -0.3 is 0 Å². The van der Waals surface area contributed by atoms with Crippen LogP contribution in [0.4, 0.5) is 0 Å². The van der Waals surface area contributed by atoms with Gasteiger partial charge >= 0.3 is 0 Å². The molecule has 1 aromatic carbocycles. The van der Waals surface area contributed by atoms with Gasteiger partial charge in [-0.1, -0.05) is 36.4 Å². The summed E-state index contributed by atoms with van der Waals surface area (Å²) in [6, 6.07) is 11.4. The summed E-state index contributed by atoms with van der Waals surface area (Å²) in [5, 5.41) is 1.83. The quantitative estimate of drug-likeness (QED) is 0.786. The number of sulfone groups is 1. The van der Waals surface area contributed by atoms with Crippen molar-refractivity contribution >= 4 is 36.3 Å². The zero-order valence-corrected chi connectivity index (χ0v) is 14.2. The van der Waals surface area contributed by atoms with Gasteiger partial charge in [-0.15, -0.1) is 11.3 Å². The van der Waals surface area contributed by atoms with Crippen molar-refractivity contribution in [3.63, 3.8) is 0 Å². The van der Waals surface area contributed by atoms with Crippen LogP contribution in [-0.2, 0) is 20.1 Å². The van der Waals surface area contributed by atoms with Gasteiger partial charge in [0.15, 0.2) is 0 Å². The molecule has 2 aromatic rings. The number of benzene rings is 1. The molecule has 1 unspecified atom stereocenters. The zero-order valence-electron chi connectivity index (χ0n) is 11.8. The van der Waals surface area contributed by atoms with E-state index >= 15 is 0 Å². The van der Waals surface area contributed by atoms with E-state index in [-0.39, 0.29) is 14.7 Å². The van der Waals surface area contributed by atoms with Crippen molar-refractivity contribution in [2.45, 2.75) is 10.8 Å². The van der Waals surface area contributed by atoms with Gasteiger partial charge in [0.25, 0.3) is 0 Å². The van der Waals surface area contributed by atoms with Crippen LogP contribution in [0.15, 0.2) is 75.9 Å². The van der Waals surface area contributed by atoms with E-state index in [1.54, 1.807) is 36.4 Å². The third-order valence-corrected chi connectivity index (χ3v) is 7.19. The zero-order chi connectivity index (χ0) is 16.4. The highest BCUT2D eigenvalue weighted by Crippen LogP contribution is 2.33. The first-order chi connectivity index (χ1) is 11.0. The Morgan fingerprint density at radius 2 is 1.74 bits per heavy atom. The highest BCUT2D eigenvalue weighted by molar-refractivity contribution is 7.97. The van der Waals surface area contributed by atoms with Crippen molar-refractivity contribution in [1.82, 2.24) is 0 Å². The van der Waals surface area contributed by atoms with E-state index in [1.807, 2.05) is 11.4 Å². The van der Waals surface area contributed by atoms with Crippen LogP contribution in [0.2, 0.25) is 0 Å². The van der Waals surface area contributed by atoms with Crippen LogP contribution >= 0.6 is 11.3 Å². The molecule has 3 rings (SSSR count). The highest BCUT2D eigenvalue weighted by atomic mass is 32.2. The third kappa shape index (κ3) is 2.95. The van der Waals surface area contributed by atoms with E-state index in [2.05, 4.69) is 0 Å². The van der Waals surface area contributed by atoms with Crippen molar-refractivity contribution in [2.75, 3.05) is 0 Å². The van der Waals surface area contributed by atoms with Crippen LogP contribution < -0.4 is 0 Å². The summed E-state index contributed by atoms with van der Waals surface area (Å²) < 4.78 is 49.2. The minimum absolute atomic E-state index is 0.0782. The fourth-order valence-corrected chi connectivity index (χ4v) is 5.89. The molecule has 118 valence electrons. The molecule has 0 bridgehead atoms. The summed E-state index contributed by atoms with van der Waals surface area (Å²) in [5.41, 5.74) is 0. The predicted octanol–water partition coefficient (Wildman–Crippen LogP) is 2.81. The molecule has 0 saturated carbocycles. The van der Waals surface area contributed by atoms with Crippen LogP contribution in [-0.4, -0.2) is 21.7 Å². The lowest BCUT2D eigenvalue weighted by Gasteiger charge is -2.18. The summed E-state index contributed by atoms with van der Waals surface area (Å²) in [6.07, 6.45) is 4.63. The van der Waals surface area contributed by atoms with Crippen LogP contribution in [0.3, 0.4) is 0 Å². The molecule has 1 aliphatic rings. The molecule has 0 aliphatic heterocycles. The first-order valence-electron chi connectivity index (χ1n) is 6.70. The maximum atomic E-state index is 12.8. The number of allylic oxidation sites excluding steroid dienone is 4. The number of rotatable bonds is 3. The molecule has 1 aliphatic carbocycles. The largest absolute Gasteiger partial charge is 0.219 e. The minimum atomic E-state index is -3.90. The van der Waals surface area contributed by atoms with E-state index in [1.165, 1.54) is 29.5 Å². The SMILES string of the molecule is O=S(=O)=C1C(S(=O)(=O)c2ccccc2)=CC=CC1c1cccs1. The first-order valence-corrected chi connectivity index (χ1v) is 10.1. The van der Waals surface area contributed by atoms with Crippen molar-refractivity contribution in [1.29, 1.82) is 0 Å². The van der Waals surface area contributed by atoms with E-state index in [4.69, 9.17) is 0 Å². The molecule has 0 radical (unpaired) electrons. The van der Waals surface area contributed by atoms with Gasteiger partial charge in [-0.2, -0.15) is 8.42 Å². The summed E-state index contributed by atoms with van der Waals surface area (Å²) in [4.78, 5) is 0.584. The number of hydrogen-bond acceptors (Lipinski definition) is 5. The molecule has 1 heterocycles. The van der Waals surface area contributed by atoms with Crippen LogP contribution in [0.25, 0.3) is 0 Å². The summed E-state index contributed by atoms with van der Waals surface area (Å²) >= 11 is 1.39. The standard InChI is InChI=1S/C16H12O4S3/c17-22(18)16-13(14-9-5-11-21-14)8-4-10-15(16)23(19,20)12-6-2-1-3-7-12/h1-11,13H. The van der Waals surface area contributed by atoms with E-state index in [9.17, 15) is 16.8 Å². The molecule has 7 heteroatoms. The molecule has 4 nitrogen and oxygen atoms in total. The fraction of sp³-hybridized carbons (Fsp3) is 0.0625. The maximum absolute atomic E-state index is 12.8. The smallest absolute Gasteiger partial charge is 0.218 e. The number of hydrogen-bond donors (Lipinski definition) is 0. The van der Waals surface area contributed by atoms with Crippen molar-refractivity contribution in [3.05, 3.63) is 75.9 Å². The minimum Gasteiger partial charge on any atom is -0.218 e. The first kappa shape index (κ1) is 15.9. The van der Waals surface area contributed by atoms with Gasteiger partial charge in [0.1, 0.15) is 4.86 Å². The van der Waals surface area contributed by atoms with Gasteiger partial charge in [-0.3, -0.25) is 0 Å². The van der Waals surface area contributed by atoms with E-state index < -0.39 is 26.0 Å². The van der Waals surface area contributed by atoms with Gasteiger partial charge in [-0.05, 0) is 29.7 Å². The van der Waals surface area contributed by atoms with Crippen molar-refractivity contribution in [2.24, 2.45) is 0 Å². The Morgan fingerprint density at radius 1 is 1.00 bits per heavy atom. The topological polar surface area (TPSA) is 68.3 Å². The van der Waals surface area contributed by atoms with Gasteiger partial charge in [-0.25, -0.2) is 8.42 Å². The van der Waals surface area contributed by atoms with Gasteiger partial charge in [0.2, 0.25) is 20.1 Å². The molecule has 1 aromatic heterocycles. The lowest BCUT2D eigenvalue weighted by Crippen LogP contribution is -2.22. The van der Waals surface area contributed by atoms with E-state index in [0.29, 0.717) is 0 Å². The second-order valence-corrected chi connectivity index (χ2v) is 8.63. The highest BCUT2D eigenvalue weighted by Gasteiger charge is 2.32. The van der Waals surface area contributed by atoms with Crippen LogP contribution in [0, 0.1) is 0 Å². The molecule has 23 heavy (non-hydrogen) atoms. The van der Waals surface area contributed by atoms with E-state index in [0.717, 1.165) is 4.88 Å². The van der Waals surface area contributed by atoms with Crippen LogP contribution in [0.5, 0.6) is 0 Å². The Balaban J connectivity index is 2.18. The van der Waals surface area contributed by atoms with Crippen molar-refractivity contribution < 1.29 is 16.8 Å². The second-order valence-electron chi connectivity index (χ2n) is 4.82. The predicted molar refractivity (Wildman–Crippen MR) is 91.8 cm³/mol. The molecule has 1 atom stereocenters. The summed E-state index contributed by atoms with van der Waals surface area (Å²) in [7, 11) is -6.54. The summed E-state index contributed by atoms with van der Waals surface area (Å²) in [5.74, 6) is -0.577. The Morgan fingerprint density at radius 3 is 2.35 bits per heavy atom. The molecule has 0 saturated heterocycles. The lowest BCUT2D eigenvalue weighted by atomic mass is 9.99.